The van der Waals surface area contributed by atoms with E-state index in [0.29, 0.717) is 13.2 Å². The second-order valence-corrected chi connectivity index (χ2v) is 8.19. The van der Waals surface area contributed by atoms with Gasteiger partial charge in [0.05, 0.1) is 24.8 Å². The number of amides is 1. The fourth-order valence-electron chi connectivity index (χ4n) is 3.93. The van der Waals surface area contributed by atoms with Crippen LogP contribution in [0.25, 0.3) is 10.6 Å². The van der Waals surface area contributed by atoms with Crippen LogP contribution in [-0.2, 0) is 11.3 Å². The summed E-state index contributed by atoms with van der Waals surface area (Å²) in [6.45, 7) is 5.49. The molecule has 2 N–H and O–H groups in total. The van der Waals surface area contributed by atoms with E-state index in [2.05, 4.69) is 23.3 Å². The Morgan fingerprint density at radius 2 is 2.00 bits per heavy atom. The van der Waals surface area contributed by atoms with Crippen LogP contribution in [0.4, 0.5) is 5.69 Å². The molecule has 5 nitrogen and oxygen atoms in total. The van der Waals surface area contributed by atoms with Crippen LogP contribution in [-0.4, -0.2) is 23.5 Å². The maximum Gasteiger partial charge on any atom is 0.225 e. The van der Waals surface area contributed by atoms with E-state index in [1.807, 2.05) is 49.4 Å². The molecule has 0 fully saturated rings. The summed E-state index contributed by atoms with van der Waals surface area (Å²) in [7, 11) is 0. The third kappa shape index (κ3) is 3.98. The molecule has 2 atom stereocenters. The zero-order chi connectivity index (χ0) is 20.4. The van der Waals surface area contributed by atoms with Crippen LogP contribution >= 0.6 is 11.3 Å². The van der Waals surface area contributed by atoms with Crippen LogP contribution in [0.1, 0.15) is 37.4 Å². The molecule has 0 saturated carbocycles. The van der Waals surface area contributed by atoms with Crippen LogP contribution < -0.4 is 15.4 Å². The number of anilines is 1. The van der Waals surface area contributed by atoms with E-state index in [1.54, 1.807) is 11.3 Å². The minimum Gasteiger partial charge on any atom is -0.494 e. The molecule has 0 unspecified atom stereocenters. The van der Waals surface area contributed by atoms with Crippen molar-refractivity contribution in [2.24, 2.45) is 5.73 Å². The van der Waals surface area contributed by atoms with E-state index < -0.39 is 0 Å². The van der Waals surface area contributed by atoms with Gasteiger partial charge in [0.2, 0.25) is 5.91 Å². The topological polar surface area (TPSA) is 68.4 Å². The summed E-state index contributed by atoms with van der Waals surface area (Å²) in [5, 5.41) is 3.11. The van der Waals surface area contributed by atoms with Gasteiger partial charge >= 0.3 is 0 Å². The van der Waals surface area contributed by atoms with E-state index in [4.69, 9.17) is 15.5 Å². The Balaban J connectivity index is 1.56. The number of nitrogens with two attached hydrogens (primary N) is 1. The number of nitrogens with zero attached hydrogens (tertiary/aromatic N) is 2. The first kappa shape index (κ1) is 19.5. The SMILES string of the molecule is CCOc1ccc(-c2nc(CN3c4ccccc4[C@H](C(N)=O)C[C@H]3C)cs2)cc1. The molecular weight excluding hydrogens is 382 g/mol. The van der Waals surface area contributed by atoms with Gasteiger partial charge in [0.25, 0.3) is 0 Å². The zero-order valence-corrected chi connectivity index (χ0v) is 17.5. The molecule has 0 spiro atoms. The van der Waals surface area contributed by atoms with E-state index in [-0.39, 0.29) is 17.9 Å². The van der Waals surface area contributed by atoms with Crippen molar-refractivity contribution < 1.29 is 9.53 Å². The minimum atomic E-state index is -0.254. The predicted octanol–water partition coefficient (Wildman–Crippen LogP) is 4.58. The van der Waals surface area contributed by atoms with E-state index in [1.165, 1.54) is 0 Å². The number of aromatic nitrogens is 1. The molecule has 0 bridgehead atoms. The fraction of sp³-hybridized carbons (Fsp3) is 0.304. The van der Waals surface area contributed by atoms with Crippen molar-refractivity contribution in [2.75, 3.05) is 11.5 Å². The predicted molar refractivity (Wildman–Crippen MR) is 117 cm³/mol. The number of benzene rings is 2. The fourth-order valence-corrected chi connectivity index (χ4v) is 4.75. The highest BCUT2D eigenvalue weighted by Crippen LogP contribution is 2.39. The standard InChI is InChI=1S/C23H25N3O2S/c1-3-28-18-10-8-16(9-11-18)23-25-17(14-29-23)13-26-15(2)12-20(22(24)27)19-6-4-5-7-21(19)26/h4-11,14-15,20H,3,12-13H2,1-2H3,(H2,24,27)/t15-,20-/m1/s1. The molecule has 1 aliphatic heterocycles. The van der Waals surface area contributed by atoms with Crippen molar-refractivity contribution in [1.29, 1.82) is 0 Å². The summed E-state index contributed by atoms with van der Waals surface area (Å²) in [4.78, 5) is 19.1. The minimum absolute atomic E-state index is 0.207. The first-order chi connectivity index (χ1) is 14.1. The molecule has 4 rings (SSSR count). The van der Waals surface area contributed by atoms with E-state index >= 15 is 0 Å². The number of rotatable bonds is 6. The van der Waals surface area contributed by atoms with Gasteiger partial charge in [-0.05, 0) is 56.2 Å². The number of para-hydroxylation sites is 1. The number of fused-ring (bicyclic) bond motifs is 1. The molecule has 1 aliphatic rings. The van der Waals surface area contributed by atoms with Crippen molar-refractivity contribution in [1.82, 2.24) is 4.98 Å². The van der Waals surface area contributed by atoms with Gasteiger partial charge in [-0.25, -0.2) is 4.98 Å². The van der Waals surface area contributed by atoms with E-state index in [9.17, 15) is 4.79 Å². The Kier molecular flexibility index (Phi) is 5.53. The van der Waals surface area contributed by atoms with Crippen LogP contribution in [0.15, 0.2) is 53.9 Å². The number of carbonyl (C=O) groups is 1. The van der Waals surface area contributed by atoms with Crippen molar-refractivity contribution in [2.45, 2.75) is 38.8 Å². The van der Waals surface area contributed by atoms with E-state index in [0.717, 1.165) is 39.7 Å². The summed E-state index contributed by atoms with van der Waals surface area (Å²) < 4.78 is 5.52. The largest absolute Gasteiger partial charge is 0.494 e. The van der Waals surface area contributed by atoms with Gasteiger partial charge in [-0.3, -0.25) is 4.79 Å². The van der Waals surface area contributed by atoms with Crippen molar-refractivity contribution in [3.05, 3.63) is 65.2 Å². The zero-order valence-electron chi connectivity index (χ0n) is 16.7. The van der Waals surface area contributed by atoms with Gasteiger partial charge in [0.15, 0.2) is 0 Å². The first-order valence-corrected chi connectivity index (χ1v) is 10.8. The molecule has 0 radical (unpaired) electrons. The number of thiazole rings is 1. The summed E-state index contributed by atoms with van der Waals surface area (Å²) >= 11 is 1.65. The number of primary amides is 1. The smallest absolute Gasteiger partial charge is 0.225 e. The molecule has 3 aromatic rings. The lowest BCUT2D eigenvalue weighted by Crippen LogP contribution is -2.41. The van der Waals surface area contributed by atoms with Crippen molar-refractivity contribution in [3.8, 4) is 16.3 Å². The Bertz CT molecular complexity index is 999. The highest BCUT2D eigenvalue weighted by Gasteiger charge is 2.33. The monoisotopic (exact) mass is 407 g/mol. The quantitative estimate of drug-likeness (QED) is 0.650. The van der Waals surface area contributed by atoms with Crippen molar-refractivity contribution >= 4 is 22.9 Å². The molecule has 150 valence electrons. The van der Waals surface area contributed by atoms with Gasteiger partial charge in [0, 0.05) is 22.7 Å². The third-order valence-corrected chi connectivity index (χ3v) is 6.31. The molecule has 6 heteroatoms. The Labute approximate surface area is 175 Å². The Hall–Kier alpha value is -2.86. The summed E-state index contributed by atoms with van der Waals surface area (Å²) in [5.74, 6) is 0.387. The van der Waals surface area contributed by atoms with Gasteiger partial charge in [-0.1, -0.05) is 18.2 Å². The molecule has 1 aromatic heterocycles. The maximum atomic E-state index is 11.9. The second kappa shape index (κ2) is 8.25. The lowest BCUT2D eigenvalue weighted by molar-refractivity contribution is -0.119. The summed E-state index contributed by atoms with van der Waals surface area (Å²) in [6.07, 6.45) is 0.724. The highest BCUT2D eigenvalue weighted by atomic mass is 32.1. The Morgan fingerprint density at radius 3 is 2.72 bits per heavy atom. The first-order valence-electron chi connectivity index (χ1n) is 9.89. The molecule has 29 heavy (non-hydrogen) atoms. The normalized spacial score (nSPS) is 18.3. The molecule has 0 aliphatic carbocycles. The van der Waals surface area contributed by atoms with Crippen LogP contribution in [0, 0.1) is 0 Å². The lowest BCUT2D eigenvalue weighted by atomic mass is 9.85. The average molecular weight is 408 g/mol. The molecule has 0 saturated heterocycles. The van der Waals surface area contributed by atoms with Crippen LogP contribution in [0.3, 0.4) is 0 Å². The van der Waals surface area contributed by atoms with Crippen molar-refractivity contribution in [3.63, 3.8) is 0 Å². The molecule has 1 amide bonds. The van der Waals surface area contributed by atoms with Crippen LogP contribution in [0.2, 0.25) is 0 Å². The number of ether oxygens (including phenoxy) is 1. The molecule has 2 aromatic carbocycles. The second-order valence-electron chi connectivity index (χ2n) is 7.33. The molecule has 2 heterocycles. The average Bonchev–Trinajstić information content (AvgIpc) is 3.19. The third-order valence-electron chi connectivity index (χ3n) is 5.37. The summed E-state index contributed by atoms with van der Waals surface area (Å²) in [5.41, 5.74) is 9.87. The molecular formula is C23H25N3O2S. The summed E-state index contributed by atoms with van der Waals surface area (Å²) in [6, 6.07) is 16.3. The van der Waals surface area contributed by atoms with Gasteiger partial charge in [0.1, 0.15) is 10.8 Å². The van der Waals surface area contributed by atoms with Gasteiger partial charge < -0.3 is 15.4 Å². The lowest BCUT2D eigenvalue weighted by Gasteiger charge is -2.39. The highest BCUT2D eigenvalue weighted by molar-refractivity contribution is 7.13. The van der Waals surface area contributed by atoms with Gasteiger partial charge in [-0.15, -0.1) is 11.3 Å². The number of hydrogen-bond donors (Lipinski definition) is 1. The number of carbonyl (C=O) groups excluding carboxylic acids is 1. The van der Waals surface area contributed by atoms with Crippen LogP contribution in [0.5, 0.6) is 5.75 Å². The number of hydrogen-bond acceptors (Lipinski definition) is 5. The maximum absolute atomic E-state index is 11.9. The van der Waals surface area contributed by atoms with Gasteiger partial charge in [-0.2, -0.15) is 0 Å². The Morgan fingerprint density at radius 1 is 1.24 bits per heavy atom.